The van der Waals surface area contributed by atoms with Gasteiger partial charge in [-0.25, -0.2) is 4.79 Å². The van der Waals surface area contributed by atoms with Crippen LogP contribution in [0.4, 0.5) is 0 Å². The van der Waals surface area contributed by atoms with E-state index in [0.717, 1.165) is 10.0 Å². The zero-order valence-electron chi connectivity index (χ0n) is 8.38. The zero-order chi connectivity index (χ0) is 12.1. The fourth-order valence-corrected chi connectivity index (χ4v) is 1.69. The molecule has 0 heterocycles. The molecule has 5 nitrogen and oxygen atoms in total. The van der Waals surface area contributed by atoms with Crippen LogP contribution in [-0.4, -0.2) is 11.1 Å². The van der Waals surface area contributed by atoms with Gasteiger partial charge in [-0.3, -0.25) is 0 Å². The highest BCUT2D eigenvalue weighted by atomic mass is 79.9. The summed E-state index contributed by atoms with van der Waals surface area (Å²) in [7, 11) is 0. The van der Waals surface area contributed by atoms with Crippen molar-refractivity contribution in [1.29, 1.82) is 0 Å². The minimum Gasteiger partial charge on any atom is -0.478 e. The van der Waals surface area contributed by atoms with Gasteiger partial charge in [-0.15, -0.1) is 0 Å². The number of nitrogens with zero attached hydrogens (tertiary/aromatic N) is 3. The number of rotatable bonds is 3. The van der Waals surface area contributed by atoms with E-state index in [1.54, 1.807) is 6.07 Å². The molecule has 0 unspecified atom stereocenters. The van der Waals surface area contributed by atoms with Crippen LogP contribution in [0.3, 0.4) is 0 Å². The molecule has 0 amide bonds. The summed E-state index contributed by atoms with van der Waals surface area (Å²) >= 11 is 3.30. The topological polar surface area (TPSA) is 86.1 Å². The normalized spacial score (nSPS) is 10.8. The third kappa shape index (κ3) is 3.12. The van der Waals surface area contributed by atoms with Crippen molar-refractivity contribution in [2.24, 2.45) is 5.11 Å². The molecular weight excluding hydrogens is 274 g/mol. The van der Waals surface area contributed by atoms with Crippen LogP contribution in [0, 0.1) is 6.92 Å². The molecule has 0 aromatic heterocycles. The first-order valence-corrected chi connectivity index (χ1v) is 5.10. The first-order chi connectivity index (χ1) is 7.54. The minimum atomic E-state index is -1.26. The van der Waals surface area contributed by atoms with Crippen LogP contribution in [-0.2, 0) is 4.79 Å². The molecular formula is C10H8BrN3O2. The number of hydrogen-bond donors (Lipinski definition) is 1. The number of carboxylic acids is 1. The Bertz CT molecular complexity index is 501. The van der Waals surface area contributed by atoms with E-state index in [9.17, 15) is 4.79 Å². The van der Waals surface area contributed by atoms with E-state index in [1.165, 1.54) is 6.08 Å². The van der Waals surface area contributed by atoms with Gasteiger partial charge in [-0.2, -0.15) is 0 Å². The van der Waals surface area contributed by atoms with Gasteiger partial charge in [0.05, 0.1) is 0 Å². The number of aliphatic carboxylic acids is 1. The lowest BCUT2D eigenvalue weighted by molar-refractivity contribution is -0.132. The molecule has 0 spiro atoms. The Morgan fingerprint density at radius 3 is 2.81 bits per heavy atom. The Balaban J connectivity index is 3.23. The van der Waals surface area contributed by atoms with Crippen molar-refractivity contribution in [3.05, 3.63) is 49.9 Å². The molecule has 0 aliphatic rings. The summed E-state index contributed by atoms with van der Waals surface area (Å²) in [5, 5.41) is 11.9. The average Bonchev–Trinajstić information content (AvgIpc) is 2.20. The van der Waals surface area contributed by atoms with Gasteiger partial charge in [0.1, 0.15) is 5.70 Å². The van der Waals surface area contributed by atoms with E-state index in [2.05, 4.69) is 26.0 Å². The number of carbonyl (C=O) groups is 1. The summed E-state index contributed by atoms with van der Waals surface area (Å²) in [6.07, 6.45) is 1.31. The highest BCUT2D eigenvalue weighted by Crippen LogP contribution is 2.21. The standard InChI is InChI=1S/C10H8BrN3O2/c1-6-2-3-7(8(11)4-6)5-9(10(15)16)13-14-12/h2-5H,1H3,(H,15,16)/b9-5-. The molecule has 0 saturated heterocycles. The molecule has 0 radical (unpaired) electrons. The van der Waals surface area contributed by atoms with Crippen LogP contribution in [0.1, 0.15) is 11.1 Å². The smallest absolute Gasteiger partial charge is 0.338 e. The Morgan fingerprint density at radius 1 is 1.62 bits per heavy atom. The van der Waals surface area contributed by atoms with E-state index in [1.807, 2.05) is 19.1 Å². The SMILES string of the molecule is Cc1ccc(/C=C(\N=[N+]=[N-])C(=O)O)c(Br)c1. The lowest BCUT2D eigenvalue weighted by atomic mass is 10.1. The Kier molecular flexibility index (Phi) is 4.10. The molecule has 0 saturated carbocycles. The van der Waals surface area contributed by atoms with Crippen molar-refractivity contribution in [1.82, 2.24) is 0 Å². The molecule has 0 bridgehead atoms. The lowest BCUT2D eigenvalue weighted by Crippen LogP contribution is -1.96. The Morgan fingerprint density at radius 2 is 2.31 bits per heavy atom. The van der Waals surface area contributed by atoms with Crippen LogP contribution >= 0.6 is 15.9 Å². The first kappa shape index (κ1) is 12.3. The van der Waals surface area contributed by atoms with Gasteiger partial charge in [0.25, 0.3) is 0 Å². The highest BCUT2D eigenvalue weighted by molar-refractivity contribution is 9.10. The molecule has 0 fully saturated rings. The fourth-order valence-electron chi connectivity index (χ4n) is 1.08. The summed E-state index contributed by atoms with van der Waals surface area (Å²) in [5.41, 5.74) is 9.57. The van der Waals surface area contributed by atoms with Gasteiger partial charge < -0.3 is 5.11 Å². The molecule has 0 aliphatic heterocycles. The van der Waals surface area contributed by atoms with E-state index < -0.39 is 5.97 Å². The Hall–Kier alpha value is -1.78. The van der Waals surface area contributed by atoms with Crippen molar-refractivity contribution in [2.75, 3.05) is 0 Å². The predicted octanol–water partition coefficient (Wildman–Crippen LogP) is 3.49. The second-order valence-corrected chi connectivity index (χ2v) is 3.90. The van der Waals surface area contributed by atoms with E-state index in [0.29, 0.717) is 5.56 Å². The van der Waals surface area contributed by atoms with Gasteiger partial charge in [0.15, 0.2) is 0 Å². The molecule has 0 atom stereocenters. The highest BCUT2D eigenvalue weighted by Gasteiger charge is 2.06. The lowest BCUT2D eigenvalue weighted by Gasteiger charge is -2.00. The van der Waals surface area contributed by atoms with Gasteiger partial charge in [-0.05, 0) is 35.7 Å². The maximum Gasteiger partial charge on any atom is 0.338 e. The summed E-state index contributed by atoms with van der Waals surface area (Å²) in [5.74, 6) is -1.26. The third-order valence-electron chi connectivity index (χ3n) is 1.82. The fraction of sp³-hybridized carbons (Fsp3) is 0.100. The summed E-state index contributed by atoms with van der Waals surface area (Å²) in [6, 6.07) is 5.43. The summed E-state index contributed by atoms with van der Waals surface area (Å²) in [4.78, 5) is 13.2. The van der Waals surface area contributed by atoms with E-state index in [-0.39, 0.29) is 5.70 Å². The molecule has 1 aromatic carbocycles. The zero-order valence-corrected chi connectivity index (χ0v) is 9.97. The van der Waals surface area contributed by atoms with Crippen LogP contribution in [0.25, 0.3) is 16.5 Å². The number of azide groups is 1. The average molecular weight is 282 g/mol. The second-order valence-electron chi connectivity index (χ2n) is 3.05. The third-order valence-corrected chi connectivity index (χ3v) is 2.51. The van der Waals surface area contributed by atoms with Gasteiger partial charge >= 0.3 is 5.97 Å². The van der Waals surface area contributed by atoms with Gasteiger partial charge in [0.2, 0.25) is 0 Å². The summed E-state index contributed by atoms with van der Waals surface area (Å²) in [6.45, 7) is 1.92. The van der Waals surface area contributed by atoms with Crippen LogP contribution < -0.4 is 0 Å². The quantitative estimate of drug-likeness (QED) is 0.398. The number of aryl methyl sites for hydroxylation is 1. The van der Waals surface area contributed by atoms with Gasteiger partial charge in [-0.1, -0.05) is 33.2 Å². The predicted molar refractivity (Wildman–Crippen MR) is 63.6 cm³/mol. The largest absolute Gasteiger partial charge is 0.478 e. The van der Waals surface area contributed by atoms with E-state index >= 15 is 0 Å². The van der Waals surface area contributed by atoms with Crippen LogP contribution in [0.5, 0.6) is 0 Å². The number of hydrogen-bond acceptors (Lipinski definition) is 2. The van der Waals surface area contributed by atoms with Crippen molar-refractivity contribution >= 4 is 28.0 Å². The number of halogens is 1. The van der Waals surface area contributed by atoms with Crippen molar-refractivity contribution in [3.63, 3.8) is 0 Å². The molecule has 1 rings (SSSR count). The van der Waals surface area contributed by atoms with Crippen molar-refractivity contribution < 1.29 is 9.90 Å². The van der Waals surface area contributed by atoms with Crippen molar-refractivity contribution in [3.8, 4) is 0 Å². The van der Waals surface area contributed by atoms with Crippen LogP contribution in [0.2, 0.25) is 0 Å². The second kappa shape index (κ2) is 5.34. The number of benzene rings is 1. The molecule has 1 aromatic rings. The van der Waals surface area contributed by atoms with Gasteiger partial charge in [0, 0.05) is 9.38 Å². The minimum absolute atomic E-state index is 0.341. The molecule has 82 valence electrons. The molecule has 1 N–H and O–H groups in total. The molecule has 16 heavy (non-hydrogen) atoms. The molecule has 6 heteroatoms. The van der Waals surface area contributed by atoms with Crippen molar-refractivity contribution in [2.45, 2.75) is 6.92 Å². The van der Waals surface area contributed by atoms with Crippen LogP contribution in [0.15, 0.2) is 33.5 Å². The summed E-state index contributed by atoms with van der Waals surface area (Å²) < 4.78 is 0.749. The maximum atomic E-state index is 10.7. The van der Waals surface area contributed by atoms with E-state index in [4.69, 9.17) is 10.6 Å². The first-order valence-electron chi connectivity index (χ1n) is 4.31. The number of carboxylic acid groups (broad SMARTS) is 1. The Labute approximate surface area is 100 Å². The maximum absolute atomic E-state index is 10.7. The monoisotopic (exact) mass is 281 g/mol. The molecule has 0 aliphatic carbocycles.